The van der Waals surface area contributed by atoms with Gasteiger partial charge in [-0.15, -0.1) is 0 Å². The minimum Gasteiger partial charge on any atom is -0.459 e. The largest absolute Gasteiger partial charge is 0.459 e. The second kappa shape index (κ2) is 8.19. The summed E-state index contributed by atoms with van der Waals surface area (Å²) in [6, 6.07) is 4.76. The van der Waals surface area contributed by atoms with E-state index in [1.807, 2.05) is 0 Å². The van der Waals surface area contributed by atoms with E-state index in [0.29, 0.717) is 0 Å². The second-order valence-electron chi connectivity index (χ2n) is 4.95. The lowest BCUT2D eigenvalue weighted by Crippen LogP contribution is -2.20. The van der Waals surface area contributed by atoms with Crippen LogP contribution in [-0.2, 0) is 20.5 Å². The molecule has 0 N–H and O–H groups in total. The van der Waals surface area contributed by atoms with Gasteiger partial charge in [0.1, 0.15) is 5.57 Å². The third-order valence-corrected chi connectivity index (χ3v) is 3.26. The number of carbonyl (C=O) groups excluding carboxylic acids is 2. The molecule has 0 aliphatic heterocycles. The standard InChI is InChI=1S/C16H17F3O3S/c1-10(2)22-15(21)12(14(20)9-23-3)8-11-6-4-5-7-13(11)16(17,18)19/h4-8,10H,9H2,1-3H3. The van der Waals surface area contributed by atoms with Gasteiger partial charge in [0.25, 0.3) is 0 Å². The fraction of sp³-hybridized carbons (Fsp3) is 0.375. The number of esters is 1. The van der Waals surface area contributed by atoms with E-state index in [0.717, 1.165) is 12.1 Å². The molecular weight excluding hydrogens is 329 g/mol. The molecule has 0 heterocycles. The van der Waals surface area contributed by atoms with Gasteiger partial charge in [0.2, 0.25) is 0 Å². The van der Waals surface area contributed by atoms with Crippen molar-refractivity contribution < 1.29 is 27.5 Å². The van der Waals surface area contributed by atoms with Crippen LogP contribution >= 0.6 is 11.8 Å². The first kappa shape index (κ1) is 19.3. The number of carbonyl (C=O) groups is 2. The topological polar surface area (TPSA) is 43.4 Å². The summed E-state index contributed by atoms with van der Waals surface area (Å²) in [5.74, 6) is -1.51. The summed E-state index contributed by atoms with van der Waals surface area (Å²) in [7, 11) is 0. The van der Waals surface area contributed by atoms with Crippen LogP contribution in [0.4, 0.5) is 13.2 Å². The minimum absolute atomic E-state index is 0.0206. The molecule has 7 heteroatoms. The molecule has 0 saturated carbocycles. The summed E-state index contributed by atoms with van der Waals surface area (Å²) >= 11 is 1.17. The van der Waals surface area contributed by atoms with Crippen molar-refractivity contribution in [2.24, 2.45) is 0 Å². The van der Waals surface area contributed by atoms with Crippen LogP contribution in [0.15, 0.2) is 29.8 Å². The van der Waals surface area contributed by atoms with Crippen LogP contribution in [0.1, 0.15) is 25.0 Å². The number of thioether (sulfide) groups is 1. The third kappa shape index (κ3) is 5.74. The summed E-state index contributed by atoms with van der Waals surface area (Å²) in [4.78, 5) is 24.1. The molecule has 0 unspecified atom stereocenters. The zero-order valence-electron chi connectivity index (χ0n) is 12.9. The van der Waals surface area contributed by atoms with Gasteiger partial charge in [-0.3, -0.25) is 4.79 Å². The normalized spacial score (nSPS) is 12.4. The lowest BCUT2D eigenvalue weighted by atomic mass is 10.0. The first-order valence-electron chi connectivity index (χ1n) is 6.77. The number of alkyl halides is 3. The van der Waals surface area contributed by atoms with Gasteiger partial charge >= 0.3 is 12.1 Å². The fourth-order valence-electron chi connectivity index (χ4n) is 1.78. The van der Waals surface area contributed by atoms with Gasteiger partial charge in [-0.2, -0.15) is 24.9 Å². The van der Waals surface area contributed by atoms with Gasteiger partial charge in [0.05, 0.1) is 17.4 Å². The summed E-state index contributed by atoms with van der Waals surface area (Å²) in [5.41, 5.74) is -1.54. The minimum atomic E-state index is -4.58. The van der Waals surface area contributed by atoms with Crippen molar-refractivity contribution in [1.82, 2.24) is 0 Å². The van der Waals surface area contributed by atoms with E-state index in [2.05, 4.69) is 0 Å². The highest BCUT2D eigenvalue weighted by atomic mass is 32.2. The van der Waals surface area contributed by atoms with Crippen LogP contribution in [0.2, 0.25) is 0 Å². The van der Waals surface area contributed by atoms with Gasteiger partial charge in [-0.25, -0.2) is 4.79 Å². The molecule has 23 heavy (non-hydrogen) atoms. The number of ketones is 1. The van der Waals surface area contributed by atoms with Crippen molar-refractivity contribution in [2.45, 2.75) is 26.1 Å². The summed E-state index contributed by atoms with van der Waals surface area (Å²) in [6.45, 7) is 3.19. The molecular formula is C16H17F3O3S. The first-order valence-corrected chi connectivity index (χ1v) is 8.17. The molecule has 0 spiro atoms. The van der Waals surface area contributed by atoms with Crippen LogP contribution in [0.3, 0.4) is 0 Å². The van der Waals surface area contributed by atoms with Gasteiger partial charge < -0.3 is 4.74 Å². The molecule has 0 aliphatic rings. The molecule has 0 aromatic heterocycles. The number of hydrogen-bond donors (Lipinski definition) is 0. The fourth-order valence-corrected chi connectivity index (χ4v) is 2.19. The van der Waals surface area contributed by atoms with Crippen molar-refractivity contribution in [2.75, 3.05) is 12.0 Å². The highest BCUT2D eigenvalue weighted by Gasteiger charge is 2.33. The van der Waals surface area contributed by atoms with Crippen molar-refractivity contribution in [3.63, 3.8) is 0 Å². The molecule has 1 rings (SSSR count). The number of benzene rings is 1. The average molecular weight is 346 g/mol. The van der Waals surface area contributed by atoms with Crippen LogP contribution in [0, 0.1) is 0 Å². The Hall–Kier alpha value is -1.76. The van der Waals surface area contributed by atoms with Crippen molar-refractivity contribution >= 4 is 29.6 Å². The Morgan fingerprint density at radius 3 is 2.39 bits per heavy atom. The van der Waals surface area contributed by atoms with E-state index in [9.17, 15) is 22.8 Å². The van der Waals surface area contributed by atoms with Crippen LogP contribution in [-0.4, -0.2) is 29.9 Å². The molecule has 1 aromatic carbocycles. The molecule has 3 nitrogen and oxygen atoms in total. The molecule has 0 atom stereocenters. The van der Waals surface area contributed by atoms with Crippen molar-refractivity contribution in [1.29, 1.82) is 0 Å². The summed E-state index contributed by atoms with van der Waals surface area (Å²) < 4.78 is 44.0. The van der Waals surface area contributed by atoms with Gasteiger partial charge in [0.15, 0.2) is 5.78 Å². The monoisotopic (exact) mass is 346 g/mol. The van der Waals surface area contributed by atoms with E-state index in [1.165, 1.54) is 30.0 Å². The van der Waals surface area contributed by atoms with Crippen LogP contribution < -0.4 is 0 Å². The molecule has 0 saturated heterocycles. The SMILES string of the molecule is CSCC(=O)C(=Cc1ccccc1C(F)(F)F)C(=O)OC(C)C. The number of hydrogen-bond acceptors (Lipinski definition) is 4. The molecule has 126 valence electrons. The zero-order valence-corrected chi connectivity index (χ0v) is 13.8. The number of halogens is 3. The van der Waals surface area contributed by atoms with E-state index < -0.39 is 29.6 Å². The predicted molar refractivity (Wildman–Crippen MR) is 84.0 cm³/mol. The molecule has 0 radical (unpaired) electrons. The molecule has 1 aromatic rings. The first-order chi connectivity index (χ1) is 10.7. The summed E-state index contributed by atoms with van der Waals surface area (Å²) in [5, 5.41) is 0. The van der Waals surface area contributed by atoms with Gasteiger partial charge in [-0.1, -0.05) is 18.2 Å². The van der Waals surface area contributed by atoms with E-state index in [-0.39, 0.29) is 16.9 Å². The van der Waals surface area contributed by atoms with Gasteiger partial charge in [0, 0.05) is 0 Å². The van der Waals surface area contributed by atoms with E-state index in [1.54, 1.807) is 20.1 Å². The lowest BCUT2D eigenvalue weighted by Gasteiger charge is -2.13. The van der Waals surface area contributed by atoms with Crippen LogP contribution in [0.5, 0.6) is 0 Å². The highest BCUT2D eigenvalue weighted by Crippen LogP contribution is 2.33. The Morgan fingerprint density at radius 2 is 1.87 bits per heavy atom. The molecule has 0 fully saturated rings. The molecule has 0 amide bonds. The average Bonchev–Trinajstić information content (AvgIpc) is 2.43. The van der Waals surface area contributed by atoms with Crippen molar-refractivity contribution in [3.8, 4) is 0 Å². The van der Waals surface area contributed by atoms with Crippen LogP contribution in [0.25, 0.3) is 6.08 Å². The molecule has 0 bridgehead atoms. The maximum atomic E-state index is 13.0. The Morgan fingerprint density at radius 1 is 1.26 bits per heavy atom. The predicted octanol–water partition coefficient (Wildman–Crippen LogP) is 3.97. The van der Waals surface area contributed by atoms with E-state index in [4.69, 9.17) is 4.74 Å². The van der Waals surface area contributed by atoms with Gasteiger partial charge in [-0.05, 0) is 37.8 Å². The Kier molecular flexibility index (Phi) is 6.87. The Balaban J connectivity index is 3.35. The van der Waals surface area contributed by atoms with E-state index >= 15 is 0 Å². The number of Topliss-reactive ketones (excluding diaryl/α,β-unsaturated/α-hetero) is 1. The lowest BCUT2D eigenvalue weighted by molar-refractivity contribution is -0.143. The second-order valence-corrected chi connectivity index (χ2v) is 5.82. The maximum Gasteiger partial charge on any atom is 0.416 e. The number of ether oxygens (including phenoxy) is 1. The Bertz CT molecular complexity index is 607. The van der Waals surface area contributed by atoms with Crippen molar-refractivity contribution in [3.05, 3.63) is 41.0 Å². The highest BCUT2D eigenvalue weighted by molar-refractivity contribution is 7.99. The smallest absolute Gasteiger partial charge is 0.416 e. The Labute approximate surface area is 136 Å². The summed E-state index contributed by atoms with van der Waals surface area (Å²) in [6.07, 6.45) is -2.45. The quantitative estimate of drug-likeness (QED) is 0.338. The third-order valence-electron chi connectivity index (χ3n) is 2.70. The maximum absolute atomic E-state index is 13.0. The molecule has 0 aliphatic carbocycles. The number of rotatable bonds is 6. The zero-order chi connectivity index (χ0) is 17.6.